The van der Waals surface area contributed by atoms with E-state index in [1.165, 1.54) is 10.6 Å². The third kappa shape index (κ3) is 3.81. The zero-order valence-corrected chi connectivity index (χ0v) is 19.1. The first-order valence-corrected chi connectivity index (χ1v) is 12.3. The van der Waals surface area contributed by atoms with Crippen molar-refractivity contribution in [3.8, 4) is 5.75 Å². The van der Waals surface area contributed by atoms with Gasteiger partial charge >= 0.3 is 0 Å². The molecule has 5 rings (SSSR count). The van der Waals surface area contributed by atoms with Crippen molar-refractivity contribution in [2.75, 3.05) is 20.2 Å². The van der Waals surface area contributed by atoms with Crippen LogP contribution in [0.1, 0.15) is 49.9 Å². The summed E-state index contributed by atoms with van der Waals surface area (Å²) in [5.41, 5.74) is 0.882. The molecule has 0 amide bonds. The zero-order chi connectivity index (χ0) is 22.3. The van der Waals surface area contributed by atoms with Crippen LogP contribution < -0.4 is 4.74 Å². The van der Waals surface area contributed by atoms with E-state index in [1.807, 2.05) is 24.3 Å². The largest absolute Gasteiger partial charge is 0.497 e. The number of imidazole rings is 1. The number of benzene rings is 1. The second kappa shape index (κ2) is 8.00. The Hall–Kier alpha value is -2.72. The van der Waals surface area contributed by atoms with E-state index in [9.17, 15) is 8.42 Å². The van der Waals surface area contributed by atoms with Crippen LogP contribution in [0.2, 0.25) is 0 Å². The summed E-state index contributed by atoms with van der Waals surface area (Å²) in [5.74, 6) is 2.45. The molecule has 2 aromatic heterocycles. The van der Waals surface area contributed by atoms with Gasteiger partial charge in [0.25, 0.3) is 10.0 Å². The first-order chi connectivity index (χ1) is 15.4. The van der Waals surface area contributed by atoms with Crippen molar-refractivity contribution in [3.63, 3.8) is 0 Å². The number of aromatic nitrogens is 4. The van der Waals surface area contributed by atoms with Crippen molar-refractivity contribution < 1.29 is 17.7 Å². The summed E-state index contributed by atoms with van der Waals surface area (Å²) in [6.07, 6.45) is 6.69. The molecule has 0 spiro atoms. The molecule has 9 nitrogen and oxygen atoms in total. The first kappa shape index (κ1) is 21.1. The average Bonchev–Trinajstić information content (AvgIpc) is 3.23. The predicted molar refractivity (Wildman–Crippen MR) is 116 cm³/mol. The normalized spacial score (nSPS) is 19.2. The molecule has 3 heterocycles. The average molecular weight is 458 g/mol. The molecule has 1 saturated carbocycles. The molecule has 0 radical (unpaired) electrons. The van der Waals surface area contributed by atoms with E-state index in [-0.39, 0.29) is 10.4 Å². The molecule has 1 aromatic carbocycles. The molecular formula is C22H27N5O4S. The van der Waals surface area contributed by atoms with Crippen LogP contribution in [-0.4, -0.2) is 52.6 Å². The van der Waals surface area contributed by atoms with Gasteiger partial charge in [-0.1, -0.05) is 24.2 Å². The van der Waals surface area contributed by atoms with Crippen LogP contribution in [0.25, 0.3) is 0 Å². The Kier molecular flexibility index (Phi) is 5.29. The third-order valence-electron chi connectivity index (χ3n) is 6.55. The number of nitrogens with zero attached hydrogens (tertiary/aromatic N) is 5. The van der Waals surface area contributed by atoms with E-state index >= 15 is 0 Å². The SMILES string of the molecule is COc1ccc(C2(c3nc(Cn4cnc(S(=O)(=O)N5CCC(C)CC5)c4)no3)CC2)cc1. The number of piperidine rings is 1. The topological polar surface area (TPSA) is 103 Å². The molecule has 32 heavy (non-hydrogen) atoms. The molecule has 10 heteroatoms. The smallest absolute Gasteiger partial charge is 0.262 e. The molecule has 0 unspecified atom stereocenters. The van der Waals surface area contributed by atoms with Crippen LogP contribution in [0.4, 0.5) is 0 Å². The summed E-state index contributed by atoms with van der Waals surface area (Å²) in [6, 6.07) is 7.93. The Bertz CT molecular complexity index is 1190. The van der Waals surface area contributed by atoms with Gasteiger partial charge in [0.15, 0.2) is 10.9 Å². The number of hydrogen-bond acceptors (Lipinski definition) is 7. The summed E-state index contributed by atoms with van der Waals surface area (Å²) in [6.45, 7) is 3.52. The Balaban J connectivity index is 1.30. The van der Waals surface area contributed by atoms with E-state index in [4.69, 9.17) is 9.26 Å². The summed E-state index contributed by atoms with van der Waals surface area (Å²) in [4.78, 5) is 8.76. The summed E-state index contributed by atoms with van der Waals surface area (Å²) >= 11 is 0. The molecule has 0 atom stereocenters. The Morgan fingerprint density at radius 2 is 1.91 bits per heavy atom. The highest BCUT2D eigenvalue weighted by molar-refractivity contribution is 7.89. The van der Waals surface area contributed by atoms with Crippen LogP contribution in [0, 0.1) is 5.92 Å². The first-order valence-electron chi connectivity index (χ1n) is 10.9. The van der Waals surface area contributed by atoms with Crippen LogP contribution >= 0.6 is 0 Å². The summed E-state index contributed by atoms with van der Waals surface area (Å²) in [7, 11) is -1.94. The minimum absolute atomic E-state index is 0.0627. The second-order valence-corrected chi connectivity index (χ2v) is 10.7. The quantitative estimate of drug-likeness (QED) is 0.537. The Morgan fingerprint density at radius 1 is 1.19 bits per heavy atom. The van der Waals surface area contributed by atoms with Gasteiger partial charge < -0.3 is 13.8 Å². The highest BCUT2D eigenvalue weighted by Crippen LogP contribution is 2.53. The van der Waals surface area contributed by atoms with Gasteiger partial charge in [-0.2, -0.15) is 9.29 Å². The Labute approximate surface area is 187 Å². The van der Waals surface area contributed by atoms with Crippen LogP contribution in [0.3, 0.4) is 0 Å². The maximum absolute atomic E-state index is 12.9. The van der Waals surface area contributed by atoms with E-state index in [2.05, 4.69) is 22.0 Å². The molecule has 170 valence electrons. The lowest BCUT2D eigenvalue weighted by Crippen LogP contribution is -2.38. The lowest BCUT2D eigenvalue weighted by molar-refractivity contribution is 0.287. The molecule has 3 aromatic rings. The lowest BCUT2D eigenvalue weighted by atomic mass is 9.96. The van der Waals surface area contributed by atoms with Crippen LogP contribution in [0.15, 0.2) is 46.3 Å². The van der Waals surface area contributed by atoms with E-state index < -0.39 is 10.0 Å². The van der Waals surface area contributed by atoms with Crippen molar-refractivity contribution in [3.05, 3.63) is 54.1 Å². The second-order valence-electron chi connectivity index (χ2n) is 8.80. The van der Waals surface area contributed by atoms with Gasteiger partial charge in [0.1, 0.15) is 5.75 Å². The van der Waals surface area contributed by atoms with Crippen molar-refractivity contribution in [2.45, 2.75) is 49.6 Å². The van der Waals surface area contributed by atoms with Gasteiger partial charge in [-0.3, -0.25) is 0 Å². The fraction of sp³-hybridized carbons (Fsp3) is 0.500. The molecule has 2 aliphatic rings. The minimum Gasteiger partial charge on any atom is -0.497 e. The third-order valence-corrected chi connectivity index (χ3v) is 8.33. The van der Waals surface area contributed by atoms with Gasteiger partial charge in [0, 0.05) is 19.3 Å². The highest BCUT2D eigenvalue weighted by atomic mass is 32.2. The maximum Gasteiger partial charge on any atom is 0.262 e. The number of methoxy groups -OCH3 is 1. The standard InChI is InChI=1S/C22H27N5O4S/c1-16-7-11-27(12-8-16)32(28,29)20-14-26(15-23-20)13-19-24-21(31-25-19)22(9-10-22)17-3-5-18(30-2)6-4-17/h3-6,14-16H,7-13H2,1-2H3. The highest BCUT2D eigenvalue weighted by Gasteiger charge is 2.51. The number of rotatable bonds is 7. The molecule has 2 fully saturated rings. The van der Waals surface area contributed by atoms with E-state index in [0.29, 0.717) is 37.3 Å². The fourth-order valence-corrected chi connectivity index (χ4v) is 5.66. The van der Waals surface area contributed by atoms with Gasteiger partial charge in [0.2, 0.25) is 5.89 Å². The van der Waals surface area contributed by atoms with Gasteiger partial charge in [-0.25, -0.2) is 13.4 Å². The number of hydrogen-bond donors (Lipinski definition) is 0. The summed E-state index contributed by atoms with van der Waals surface area (Å²) < 4.78 is 39.8. The van der Waals surface area contributed by atoms with Crippen molar-refractivity contribution in [1.82, 2.24) is 24.0 Å². The van der Waals surface area contributed by atoms with Crippen LogP contribution in [0.5, 0.6) is 5.75 Å². The molecule has 1 saturated heterocycles. The van der Waals surface area contributed by atoms with Crippen molar-refractivity contribution >= 4 is 10.0 Å². The molecule has 1 aliphatic heterocycles. The Morgan fingerprint density at radius 3 is 2.56 bits per heavy atom. The van der Waals surface area contributed by atoms with Gasteiger partial charge in [-0.05, 0) is 49.3 Å². The summed E-state index contributed by atoms with van der Waals surface area (Å²) in [5, 5.41) is 4.19. The van der Waals surface area contributed by atoms with Gasteiger partial charge in [-0.15, -0.1) is 0 Å². The minimum atomic E-state index is -3.58. The number of ether oxygens (including phenoxy) is 1. The monoisotopic (exact) mass is 457 g/mol. The lowest BCUT2D eigenvalue weighted by Gasteiger charge is -2.28. The molecule has 0 bridgehead atoms. The van der Waals surface area contributed by atoms with E-state index in [0.717, 1.165) is 37.0 Å². The van der Waals surface area contributed by atoms with Crippen LogP contribution in [-0.2, 0) is 22.0 Å². The van der Waals surface area contributed by atoms with Gasteiger partial charge in [0.05, 0.1) is 25.4 Å². The van der Waals surface area contributed by atoms with Crippen molar-refractivity contribution in [2.24, 2.45) is 5.92 Å². The number of sulfonamides is 1. The predicted octanol–water partition coefficient (Wildman–Crippen LogP) is 2.82. The molecule has 1 aliphatic carbocycles. The zero-order valence-electron chi connectivity index (χ0n) is 18.3. The maximum atomic E-state index is 12.9. The fourth-order valence-electron chi connectivity index (χ4n) is 4.25. The van der Waals surface area contributed by atoms with E-state index in [1.54, 1.807) is 17.9 Å². The molecule has 0 N–H and O–H groups in total. The van der Waals surface area contributed by atoms with Crippen molar-refractivity contribution in [1.29, 1.82) is 0 Å². The molecular weight excluding hydrogens is 430 g/mol.